The molecule has 20 heavy (non-hydrogen) atoms. The summed E-state index contributed by atoms with van der Waals surface area (Å²) < 4.78 is 5.15. The van der Waals surface area contributed by atoms with Crippen molar-refractivity contribution in [3.63, 3.8) is 0 Å². The number of carboxylic acid groups (broad SMARTS) is 1. The van der Waals surface area contributed by atoms with Gasteiger partial charge >= 0.3 is 5.97 Å². The maximum Gasteiger partial charge on any atom is 0.337 e. The lowest BCUT2D eigenvalue weighted by Crippen LogP contribution is -2.43. The topological polar surface area (TPSA) is 70.0 Å². The summed E-state index contributed by atoms with van der Waals surface area (Å²) in [5.41, 5.74) is -0.390. The summed E-state index contributed by atoms with van der Waals surface area (Å²) in [4.78, 5) is 13.2. The molecule has 6 heteroatoms. The number of hydrogen-bond donors (Lipinski definition) is 2. The number of benzene rings is 1. The number of aliphatic carboxylic acids is 1. The fourth-order valence-corrected chi connectivity index (χ4v) is 2.60. The lowest BCUT2D eigenvalue weighted by atomic mass is 10.0. The van der Waals surface area contributed by atoms with E-state index in [0.717, 1.165) is 5.56 Å². The number of rotatable bonds is 5. The van der Waals surface area contributed by atoms with E-state index in [1.807, 2.05) is 4.90 Å². The molecule has 0 aromatic heterocycles. The van der Waals surface area contributed by atoms with Crippen LogP contribution in [0.1, 0.15) is 18.1 Å². The highest BCUT2D eigenvalue weighted by Gasteiger charge is 2.45. The largest absolute Gasteiger partial charge is 0.479 e. The molecule has 0 spiro atoms. The van der Waals surface area contributed by atoms with Crippen LogP contribution in [0.2, 0.25) is 5.02 Å². The Balaban J connectivity index is 1.98. The van der Waals surface area contributed by atoms with Crippen LogP contribution in [0, 0.1) is 0 Å². The fourth-order valence-electron chi connectivity index (χ4n) is 2.48. The van der Waals surface area contributed by atoms with E-state index in [9.17, 15) is 15.0 Å². The van der Waals surface area contributed by atoms with Gasteiger partial charge in [-0.15, -0.1) is 0 Å². The first-order chi connectivity index (χ1) is 9.47. The van der Waals surface area contributed by atoms with Gasteiger partial charge in [0.25, 0.3) is 0 Å². The molecule has 0 radical (unpaired) electrons. The summed E-state index contributed by atoms with van der Waals surface area (Å²) in [5, 5.41) is 20.0. The number of halogens is 1. The number of aliphatic hydroxyl groups is 1. The van der Waals surface area contributed by atoms with E-state index in [-0.39, 0.29) is 6.54 Å². The normalized spacial score (nSPS) is 24.8. The Labute approximate surface area is 122 Å². The summed E-state index contributed by atoms with van der Waals surface area (Å²) in [6.45, 7) is 1.24. The van der Waals surface area contributed by atoms with Crippen LogP contribution >= 0.6 is 11.6 Å². The van der Waals surface area contributed by atoms with Crippen molar-refractivity contribution in [3.8, 4) is 0 Å². The maximum absolute atomic E-state index is 11.3. The van der Waals surface area contributed by atoms with E-state index < -0.39 is 17.7 Å². The molecule has 5 nitrogen and oxygen atoms in total. The number of methoxy groups -OCH3 is 1. The first-order valence-electron chi connectivity index (χ1n) is 6.41. The standard InChI is InChI=1S/C14H18ClNO4/c1-20-14(13(18)19)6-7-16(9-14)8-12(17)10-2-4-11(15)5-3-10/h2-5,12,17H,6-9H2,1H3,(H,18,19)/t12-,14?/m0/s1. The molecule has 2 N–H and O–H groups in total. The van der Waals surface area contributed by atoms with Crippen LogP contribution in [0.3, 0.4) is 0 Å². The minimum Gasteiger partial charge on any atom is -0.479 e. The molecular formula is C14H18ClNO4. The lowest BCUT2D eigenvalue weighted by molar-refractivity contribution is -0.160. The molecule has 110 valence electrons. The number of carboxylic acids is 1. The Hall–Kier alpha value is -1.14. The van der Waals surface area contributed by atoms with Gasteiger partial charge in [0.1, 0.15) is 0 Å². The Kier molecular flexibility index (Phi) is 4.65. The van der Waals surface area contributed by atoms with Crippen molar-refractivity contribution < 1.29 is 19.7 Å². The Morgan fingerprint density at radius 2 is 2.15 bits per heavy atom. The highest BCUT2D eigenvalue weighted by molar-refractivity contribution is 6.30. The van der Waals surface area contributed by atoms with Crippen molar-refractivity contribution in [3.05, 3.63) is 34.9 Å². The molecule has 1 fully saturated rings. The molecule has 0 saturated carbocycles. The quantitative estimate of drug-likeness (QED) is 0.863. The monoisotopic (exact) mass is 299 g/mol. The zero-order chi connectivity index (χ0) is 14.8. The van der Waals surface area contributed by atoms with E-state index in [2.05, 4.69) is 0 Å². The second-order valence-electron chi connectivity index (χ2n) is 5.06. The lowest BCUT2D eigenvalue weighted by Gasteiger charge is -2.24. The van der Waals surface area contributed by atoms with Gasteiger partial charge in [0.05, 0.1) is 6.10 Å². The van der Waals surface area contributed by atoms with Crippen molar-refractivity contribution in [2.75, 3.05) is 26.7 Å². The van der Waals surface area contributed by atoms with Crippen LogP contribution < -0.4 is 0 Å². The van der Waals surface area contributed by atoms with Crippen LogP contribution in [0.4, 0.5) is 0 Å². The highest BCUT2D eigenvalue weighted by atomic mass is 35.5. The third-order valence-electron chi connectivity index (χ3n) is 3.78. The van der Waals surface area contributed by atoms with Gasteiger partial charge in [0.15, 0.2) is 5.60 Å². The van der Waals surface area contributed by atoms with Crippen molar-refractivity contribution in [2.45, 2.75) is 18.1 Å². The Bertz CT molecular complexity index is 479. The summed E-state index contributed by atoms with van der Waals surface area (Å²) in [6.07, 6.45) is -0.250. The predicted octanol–water partition coefficient (Wildman–Crippen LogP) is 1.55. The summed E-state index contributed by atoms with van der Waals surface area (Å²) >= 11 is 5.80. The number of aliphatic hydroxyl groups excluding tert-OH is 1. The third-order valence-corrected chi connectivity index (χ3v) is 4.03. The van der Waals surface area contributed by atoms with Gasteiger partial charge in [-0.2, -0.15) is 0 Å². The fraction of sp³-hybridized carbons (Fsp3) is 0.500. The molecule has 0 aliphatic carbocycles. The minimum atomic E-state index is -1.15. The minimum absolute atomic E-state index is 0.281. The van der Waals surface area contributed by atoms with Crippen LogP contribution in [-0.4, -0.2) is 53.4 Å². The number of likely N-dealkylation sites (tertiary alicyclic amines) is 1. The summed E-state index contributed by atoms with van der Waals surface area (Å²) in [6, 6.07) is 6.98. The van der Waals surface area contributed by atoms with Crippen LogP contribution in [0.5, 0.6) is 0 Å². The van der Waals surface area contributed by atoms with Crippen molar-refractivity contribution in [1.29, 1.82) is 0 Å². The van der Waals surface area contributed by atoms with Crippen LogP contribution in [0.15, 0.2) is 24.3 Å². The molecule has 1 aliphatic rings. The van der Waals surface area contributed by atoms with Crippen molar-refractivity contribution in [1.82, 2.24) is 4.90 Å². The van der Waals surface area contributed by atoms with Gasteiger partial charge in [0.2, 0.25) is 0 Å². The van der Waals surface area contributed by atoms with Crippen molar-refractivity contribution >= 4 is 17.6 Å². The zero-order valence-corrected chi connectivity index (χ0v) is 12.0. The van der Waals surface area contributed by atoms with E-state index in [1.54, 1.807) is 24.3 Å². The van der Waals surface area contributed by atoms with E-state index in [1.165, 1.54) is 7.11 Å². The SMILES string of the molecule is COC1(C(=O)O)CCN(C[C@H](O)c2ccc(Cl)cc2)C1. The van der Waals surface area contributed by atoms with E-state index in [0.29, 0.717) is 24.5 Å². The Morgan fingerprint density at radius 3 is 2.65 bits per heavy atom. The Morgan fingerprint density at radius 1 is 1.50 bits per heavy atom. The van der Waals surface area contributed by atoms with Crippen LogP contribution in [0.25, 0.3) is 0 Å². The summed E-state index contributed by atoms with van der Waals surface area (Å²) in [7, 11) is 1.41. The molecule has 0 bridgehead atoms. The predicted molar refractivity (Wildman–Crippen MR) is 74.8 cm³/mol. The van der Waals surface area contributed by atoms with Gasteiger partial charge in [-0.1, -0.05) is 23.7 Å². The number of ether oxygens (including phenoxy) is 1. The highest BCUT2D eigenvalue weighted by Crippen LogP contribution is 2.27. The number of hydrogen-bond acceptors (Lipinski definition) is 4. The molecule has 2 rings (SSSR count). The molecular weight excluding hydrogens is 282 g/mol. The molecule has 2 atom stereocenters. The molecule has 1 unspecified atom stereocenters. The zero-order valence-electron chi connectivity index (χ0n) is 11.3. The van der Waals surface area contributed by atoms with E-state index in [4.69, 9.17) is 16.3 Å². The van der Waals surface area contributed by atoms with E-state index >= 15 is 0 Å². The molecule has 1 aromatic carbocycles. The molecule has 0 amide bonds. The maximum atomic E-state index is 11.3. The number of nitrogens with zero attached hydrogens (tertiary/aromatic N) is 1. The van der Waals surface area contributed by atoms with Crippen molar-refractivity contribution in [2.24, 2.45) is 0 Å². The smallest absolute Gasteiger partial charge is 0.337 e. The van der Waals surface area contributed by atoms with Gasteiger partial charge in [-0.05, 0) is 17.7 Å². The average molecular weight is 300 g/mol. The van der Waals surface area contributed by atoms with Gasteiger partial charge in [-0.25, -0.2) is 4.79 Å². The number of β-amino-alcohol motifs (C(OH)–C–C–N with tert-alkyl or cyclic N) is 1. The summed E-state index contributed by atoms with van der Waals surface area (Å²) in [5.74, 6) is -0.955. The molecule has 1 saturated heterocycles. The van der Waals surface area contributed by atoms with Gasteiger partial charge in [-0.3, -0.25) is 4.90 Å². The second kappa shape index (κ2) is 6.10. The molecule has 1 heterocycles. The first kappa shape index (κ1) is 15.3. The van der Waals surface area contributed by atoms with Crippen LogP contribution in [-0.2, 0) is 9.53 Å². The molecule has 1 aliphatic heterocycles. The number of carbonyl (C=O) groups is 1. The van der Waals surface area contributed by atoms with Gasteiger partial charge in [0, 0.05) is 38.2 Å². The second-order valence-corrected chi connectivity index (χ2v) is 5.49. The third kappa shape index (κ3) is 3.12. The van der Waals surface area contributed by atoms with Gasteiger partial charge < -0.3 is 14.9 Å². The average Bonchev–Trinajstić information content (AvgIpc) is 2.84. The molecule has 1 aromatic rings. The first-order valence-corrected chi connectivity index (χ1v) is 6.79.